The van der Waals surface area contributed by atoms with Crippen molar-refractivity contribution in [2.75, 3.05) is 17.7 Å². The summed E-state index contributed by atoms with van der Waals surface area (Å²) >= 11 is 1.18. The molecule has 2 rings (SSSR count). The first-order valence-corrected chi connectivity index (χ1v) is 6.56. The minimum absolute atomic E-state index is 0.223. The van der Waals surface area contributed by atoms with Crippen molar-refractivity contribution in [2.24, 2.45) is 0 Å². The van der Waals surface area contributed by atoms with Crippen molar-refractivity contribution in [3.8, 4) is 12.1 Å². The van der Waals surface area contributed by atoms with Gasteiger partial charge in [-0.05, 0) is 17.7 Å². The maximum Gasteiger partial charge on any atom is 0.131 e. The normalized spacial score (nSPS) is 9.80. The van der Waals surface area contributed by atoms with Crippen molar-refractivity contribution in [3.63, 3.8) is 0 Å². The number of thiophene rings is 1. The van der Waals surface area contributed by atoms with E-state index in [1.165, 1.54) is 23.5 Å². The molecule has 1 heterocycles. The van der Waals surface area contributed by atoms with E-state index >= 15 is 0 Å². The summed E-state index contributed by atoms with van der Waals surface area (Å²) in [5.74, 6) is -0.291. The topological polar surface area (TPSA) is 76.8 Å². The van der Waals surface area contributed by atoms with Crippen LogP contribution in [0, 0.1) is 28.5 Å². The van der Waals surface area contributed by atoms with Crippen molar-refractivity contribution in [1.29, 1.82) is 10.5 Å². The number of hydrogen-bond acceptors (Lipinski definition) is 5. The number of nitriles is 2. The molecule has 0 bridgehead atoms. The second-order valence-electron chi connectivity index (χ2n) is 4.23. The molecule has 0 aliphatic carbocycles. The Labute approximate surface area is 120 Å². The van der Waals surface area contributed by atoms with Gasteiger partial charge in [-0.1, -0.05) is 12.1 Å². The highest BCUT2D eigenvalue weighted by molar-refractivity contribution is 7.17. The SMILES string of the molecule is CN(Cc1ccc(F)cc1)c1sc(C#N)c(N)c1C#N. The molecule has 6 heteroatoms. The number of nitrogens with zero attached hydrogens (tertiary/aromatic N) is 3. The minimum atomic E-state index is -0.291. The van der Waals surface area contributed by atoms with Crippen molar-refractivity contribution in [1.82, 2.24) is 0 Å². The molecule has 4 nitrogen and oxygen atoms in total. The fourth-order valence-corrected chi connectivity index (χ4v) is 2.76. The van der Waals surface area contributed by atoms with E-state index in [2.05, 4.69) is 0 Å². The Morgan fingerprint density at radius 3 is 2.45 bits per heavy atom. The summed E-state index contributed by atoms with van der Waals surface area (Å²) in [5.41, 5.74) is 7.21. The second kappa shape index (κ2) is 5.60. The quantitative estimate of drug-likeness (QED) is 0.941. The average Bonchev–Trinajstić information content (AvgIpc) is 2.77. The van der Waals surface area contributed by atoms with Gasteiger partial charge in [-0.15, -0.1) is 11.3 Å². The fourth-order valence-electron chi connectivity index (χ4n) is 1.83. The third-order valence-electron chi connectivity index (χ3n) is 2.82. The van der Waals surface area contributed by atoms with E-state index in [1.54, 1.807) is 19.2 Å². The molecule has 1 aromatic heterocycles. The van der Waals surface area contributed by atoms with Crippen molar-refractivity contribution < 1.29 is 4.39 Å². The number of anilines is 2. The minimum Gasteiger partial charge on any atom is -0.396 e. The Bertz CT molecular complexity index is 707. The van der Waals surface area contributed by atoms with Crippen LogP contribution in [0.4, 0.5) is 15.1 Å². The molecule has 0 aliphatic heterocycles. The van der Waals surface area contributed by atoms with Gasteiger partial charge in [-0.2, -0.15) is 10.5 Å². The first kappa shape index (κ1) is 13.9. The van der Waals surface area contributed by atoms with Gasteiger partial charge in [0, 0.05) is 13.6 Å². The molecule has 0 atom stereocenters. The summed E-state index contributed by atoms with van der Waals surface area (Å²) in [4.78, 5) is 2.16. The van der Waals surface area contributed by atoms with Crippen LogP contribution >= 0.6 is 11.3 Å². The fraction of sp³-hybridized carbons (Fsp3) is 0.143. The molecule has 0 fully saturated rings. The zero-order chi connectivity index (χ0) is 14.7. The zero-order valence-electron chi connectivity index (χ0n) is 10.7. The van der Waals surface area contributed by atoms with Gasteiger partial charge >= 0.3 is 0 Å². The standard InChI is InChI=1S/C14H11FN4S/c1-19(8-9-2-4-10(15)5-3-9)14-11(6-16)13(18)12(7-17)20-14/h2-5H,8,18H2,1H3. The van der Waals surface area contributed by atoms with Gasteiger partial charge in [-0.25, -0.2) is 4.39 Å². The number of halogens is 1. The van der Waals surface area contributed by atoms with Crippen LogP contribution in [-0.2, 0) is 6.54 Å². The molecule has 0 radical (unpaired) electrons. The third kappa shape index (κ3) is 2.56. The summed E-state index contributed by atoms with van der Waals surface area (Å²) < 4.78 is 12.9. The molecule has 1 aromatic carbocycles. The van der Waals surface area contributed by atoms with Crippen LogP contribution in [0.25, 0.3) is 0 Å². The molecular weight excluding hydrogens is 275 g/mol. The molecule has 100 valence electrons. The Hall–Kier alpha value is -2.57. The average molecular weight is 286 g/mol. The highest BCUT2D eigenvalue weighted by Crippen LogP contribution is 2.37. The number of hydrogen-bond donors (Lipinski definition) is 1. The summed E-state index contributed by atoms with van der Waals surface area (Å²) in [6.45, 7) is 0.500. The second-order valence-corrected chi connectivity index (χ2v) is 5.23. The monoisotopic (exact) mass is 286 g/mol. The van der Waals surface area contributed by atoms with E-state index in [9.17, 15) is 4.39 Å². The van der Waals surface area contributed by atoms with Crippen LogP contribution in [0.1, 0.15) is 16.0 Å². The molecule has 20 heavy (non-hydrogen) atoms. The Balaban J connectivity index is 2.30. The van der Waals surface area contributed by atoms with Crippen molar-refractivity contribution in [2.45, 2.75) is 6.54 Å². The van der Waals surface area contributed by atoms with E-state index in [0.29, 0.717) is 22.0 Å². The smallest absolute Gasteiger partial charge is 0.131 e. The first-order chi connectivity index (χ1) is 9.56. The van der Waals surface area contributed by atoms with E-state index in [-0.39, 0.29) is 11.5 Å². The van der Waals surface area contributed by atoms with E-state index in [4.69, 9.17) is 16.3 Å². The van der Waals surface area contributed by atoms with Crippen LogP contribution in [0.15, 0.2) is 24.3 Å². The summed E-state index contributed by atoms with van der Waals surface area (Å²) in [5, 5.41) is 18.8. The zero-order valence-corrected chi connectivity index (χ0v) is 11.5. The Morgan fingerprint density at radius 2 is 1.90 bits per heavy atom. The van der Waals surface area contributed by atoms with Crippen LogP contribution < -0.4 is 10.6 Å². The van der Waals surface area contributed by atoms with Gasteiger partial charge in [0.1, 0.15) is 33.4 Å². The molecule has 2 aromatic rings. The Morgan fingerprint density at radius 1 is 1.25 bits per heavy atom. The Kier molecular flexibility index (Phi) is 3.88. The van der Waals surface area contributed by atoms with E-state index in [1.807, 2.05) is 17.0 Å². The van der Waals surface area contributed by atoms with Gasteiger partial charge < -0.3 is 10.6 Å². The predicted molar refractivity (Wildman–Crippen MR) is 76.7 cm³/mol. The van der Waals surface area contributed by atoms with Crippen LogP contribution in [0.2, 0.25) is 0 Å². The van der Waals surface area contributed by atoms with Gasteiger partial charge in [0.15, 0.2) is 0 Å². The molecular formula is C14H11FN4S. The maximum absolute atomic E-state index is 12.9. The van der Waals surface area contributed by atoms with E-state index in [0.717, 1.165) is 5.56 Å². The summed E-state index contributed by atoms with van der Waals surface area (Å²) in [6.07, 6.45) is 0. The molecule has 2 N–H and O–H groups in total. The van der Waals surface area contributed by atoms with Gasteiger partial charge in [0.2, 0.25) is 0 Å². The van der Waals surface area contributed by atoms with Crippen LogP contribution in [0.5, 0.6) is 0 Å². The number of rotatable bonds is 3. The third-order valence-corrected chi connectivity index (χ3v) is 4.04. The molecule has 0 saturated heterocycles. The molecule has 0 unspecified atom stereocenters. The molecule has 0 spiro atoms. The highest BCUT2D eigenvalue weighted by Gasteiger charge is 2.18. The highest BCUT2D eigenvalue weighted by atomic mass is 32.1. The van der Waals surface area contributed by atoms with E-state index < -0.39 is 0 Å². The van der Waals surface area contributed by atoms with Crippen molar-refractivity contribution in [3.05, 3.63) is 46.1 Å². The number of nitrogens with two attached hydrogens (primary N) is 1. The lowest BCUT2D eigenvalue weighted by Gasteiger charge is -2.17. The van der Waals surface area contributed by atoms with Crippen LogP contribution in [-0.4, -0.2) is 7.05 Å². The maximum atomic E-state index is 12.9. The van der Waals surface area contributed by atoms with Crippen molar-refractivity contribution >= 4 is 22.0 Å². The lowest BCUT2D eigenvalue weighted by molar-refractivity contribution is 0.627. The predicted octanol–water partition coefficient (Wildman–Crippen LogP) is 2.85. The number of nitrogen functional groups attached to an aromatic ring is 1. The van der Waals surface area contributed by atoms with Crippen LogP contribution in [0.3, 0.4) is 0 Å². The largest absolute Gasteiger partial charge is 0.396 e. The summed E-state index contributed by atoms with van der Waals surface area (Å²) in [6, 6.07) is 10.1. The molecule has 0 amide bonds. The molecule has 0 saturated carbocycles. The van der Waals surface area contributed by atoms with Gasteiger partial charge in [0.05, 0.1) is 5.69 Å². The molecule has 0 aliphatic rings. The lowest BCUT2D eigenvalue weighted by atomic mass is 10.2. The van der Waals surface area contributed by atoms with Gasteiger partial charge in [0.25, 0.3) is 0 Å². The summed E-state index contributed by atoms with van der Waals surface area (Å²) in [7, 11) is 1.80. The van der Waals surface area contributed by atoms with Gasteiger partial charge in [-0.3, -0.25) is 0 Å². The first-order valence-electron chi connectivity index (χ1n) is 5.75. The lowest BCUT2D eigenvalue weighted by Crippen LogP contribution is -2.16. The number of benzene rings is 1.